The summed E-state index contributed by atoms with van der Waals surface area (Å²) in [5, 5.41) is 0.826. The van der Waals surface area contributed by atoms with Gasteiger partial charge in [-0.05, 0) is 43.4 Å². The second kappa shape index (κ2) is 5.16. The Labute approximate surface area is 121 Å². The minimum Gasteiger partial charge on any atom is -0.422 e. The first-order chi connectivity index (χ1) is 9.94. The highest BCUT2D eigenvalue weighted by atomic mass is 32.2. The lowest BCUT2D eigenvalue weighted by Crippen LogP contribution is -2.12. The van der Waals surface area contributed by atoms with E-state index < -0.39 is 10.3 Å². The van der Waals surface area contributed by atoms with Crippen LogP contribution in [0.3, 0.4) is 0 Å². The molecule has 2 aromatic rings. The first kappa shape index (κ1) is 14.1. The molecule has 0 amide bonds. The summed E-state index contributed by atoms with van der Waals surface area (Å²) in [6.07, 6.45) is 4.63. The molecular weight excluding hydrogens is 294 g/mol. The molecule has 21 heavy (non-hydrogen) atoms. The van der Waals surface area contributed by atoms with Crippen LogP contribution in [0.25, 0.3) is 11.0 Å². The quantitative estimate of drug-likeness (QED) is 0.504. The average molecular weight is 309 g/mol. The summed E-state index contributed by atoms with van der Waals surface area (Å²) in [6.45, 7) is 0. The number of fused-ring (bicyclic) bond motifs is 3. The normalized spacial score (nSPS) is 15.5. The Hall–Kier alpha value is -1.86. The summed E-state index contributed by atoms with van der Waals surface area (Å²) in [5.74, 6) is 0. The average Bonchev–Trinajstić information content (AvgIpc) is 2.62. The van der Waals surface area contributed by atoms with Gasteiger partial charge in [-0.25, -0.2) is 4.79 Å². The Balaban J connectivity index is 2.18. The van der Waals surface area contributed by atoms with E-state index in [1.165, 1.54) is 6.07 Å². The summed E-state index contributed by atoms with van der Waals surface area (Å²) in [6, 6.07) is 4.67. The van der Waals surface area contributed by atoms with E-state index in [4.69, 9.17) is 8.97 Å². The molecule has 0 spiro atoms. The van der Waals surface area contributed by atoms with Crippen molar-refractivity contribution < 1.29 is 17.4 Å². The van der Waals surface area contributed by atoms with Crippen molar-refractivity contribution >= 4 is 27.0 Å². The van der Waals surface area contributed by atoms with E-state index in [0.717, 1.165) is 48.6 Å². The van der Waals surface area contributed by atoms with Crippen molar-refractivity contribution in [3.8, 4) is 0 Å². The van der Waals surface area contributed by atoms with E-state index in [1.807, 2.05) is 4.72 Å². The number of hydrogen-bond acceptors (Lipinski definition) is 4. The smallest absolute Gasteiger partial charge is 0.357 e. The van der Waals surface area contributed by atoms with Crippen LogP contribution < -0.4 is 10.3 Å². The molecule has 0 radical (unpaired) electrons. The van der Waals surface area contributed by atoms with E-state index in [9.17, 15) is 13.2 Å². The molecule has 0 atom stereocenters. The van der Waals surface area contributed by atoms with Crippen molar-refractivity contribution in [2.75, 3.05) is 4.72 Å². The first-order valence-electron chi connectivity index (χ1n) is 6.78. The maximum absolute atomic E-state index is 12.1. The number of rotatable bonds is 2. The Morgan fingerprint density at radius 2 is 1.81 bits per heavy atom. The minimum absolute atomic E-state index is 0.154. The SMILES string of the molecule is O=c1oc2cc(NS(=O)(=O)O)ccc2c2c1CCCCC2. The maximum Gasteiger partial charge on any atom is 0.357 e. The monoisotopic (exact) mass is 309 g/mol. The Kier molecular flexibility index (Phi) is 3.46. The zero-order chi connectivity index (χ0) is 15.0. The summed E-state index contributed by atoms with van der Waals surface area (Å²) in [7, 11) is -4.35. The number of nitrogens with one attached hydrogen (secondary N) is 1. The van der Waals surface area contributed by atoms with Gasteiger partial charge in [-0.15, -0.1) is 0 Å². The van der Waals surface area contributed by atoms with Crippen LogP contribution in [0.1, 0.15) is 30.4 Å². The maximum atomic E-state index is 12.1. The molecule has 1 aliphatic carbocycles. The van der Waals surface area contributed by atoms with Crippen molar-refractivity contribution in [1.82, 2.24) is 0 Å². The summed E-state index contributed by atoms with van der Waals surface area (Å²) >= 11 is 0. The third-order valence-corrected chi connectivity index (χ3v) is 4.21. The fraction of sp³-hybridized carbons (Fsp3) is 0.357. The van der Waals surface area contributed by atoms with Gasteiger partial charge in [0, 0.05) is 17.0 Å². The van der Waals surface area contributed by atoms with Crippen LogP contribution in [0, 0.1) is 0 Å². The second-order valence-corrected chi connectivity index (χ2v) is 6.35. The van der Waals surface area contributed by atoms with Gasteiger partial charge < -0.3 is 4.42 Å². The van der Waals surface area contributed by atoms with Crippen molar-refractivity contribution in [2.45, 2.75) is 32.1 Å². The highest BCUT2D eigenvalue weighted by Crippen LogP contribution is 2.28. The molecule has 7 heteroatoms. The van der Waals surface area contributed by atoms with Gasteiger partial charge in [0.2, 0.25) is 0 Å². The topological polar surface area (TPSA) is 96.6 Å². The molecule has 0 aliphatic heterocycles. The zero-order valence-electron chi connectivity index (χ0n) is 11.3. The van der Waals surface area contributed by atoms with Crippen molar-refractivity contribution in [1.29, 1.82) is 0 Å². The van der Waals surface area contributed by atoms with Crippen molar-refractivity contribution in [2.24, 2.45) is 0 Å². The van der Waals surface area contributed by atoms with E-state index in [-0.39, 0.29) is 11.3 Å². The molecule has 3 rings (SSSR count). The van der Waals surface area contributed by atoms with Crippen LogP contribution in [-0.2, 0) is 23.1 Å². The number of anilines is 1. The van der Waals surface area contributed by atoms with Crippen molar-refractivity contribution in [3.63, 3.8) is 0 Å². The second-order valence-electron chi connectivity index (χ2n) is 5.20. The third kappa shape index (κ3) is 2.93. The molecule has 112 valence electrons. The molecular formula is C14H15NO5S. The number of aryl methyl sites for hydroxylation is 1. The summed E-state index contributed by atoms with van der Waals surface area (Å²) in [4.78, 5) is 12.1. The van der Waals surface area contributed by atoms with Crippen LogP contribution in [0.5, 0.6) is 0 Å². The Bertz CT molecular complexity index is 854. The highest BCUT2D eigenvalue weighted by molar-refractivity contribution is 7.87. The third-order valence-electron chi connectivity index (χ3n) is 3.72. The van der Waals surface area contributed by atoms with Crippen LogP contribution in [0.15, 0.2) is 27.4 Å². The lowest BCUT2D eigenvalue weighted by Gasteiger charge is -2.09. The van der Waals surface area contributed by atoms with Gasteiger partial charge in [-0.1, -0.05) is 6.42 Å². The lowest BCUT2D eigenvalue weighted by molar-refractivity contribution is 0.489. The lowest BCUT2D eigenvalue weighted by atomic mass is 10.0. The van der Waals surface area contributed by atoms with Crippen LogP contribution in [-0.4, -0.2) is 13.0 Å². The molecule has 0 saturated heterocycles. The molecule has 0 bridgehead atoms. The van der Waals surface area contributed by atoms with Gasteiger partial charge in [-0.3, -0.25) is 9.27 Å². The van der Waals surface area contributed by atoms with Crippen LogP contribution in [0.2, 0.25) is 0 Å². The molecule has 1 aromatic carbocycles. The van der Waals surface area contributed by atoms with Gasteiger partial charge in [0.1, 0.15) is 5.58 Å². The van der Waals surface area contributed by atoms with E-state index in [0.29, 0.717) is 5.58 Å². The Morgan fingerprint density at radius 3 is 2.52 bits per heavy atom. The fourth-order valence-electron chi connectivity index (χ4n) is 2.83. The predicted molar refractivity (Wildman–Crippen MR) is 78.9 cm³/mol. The number of hydrogen-bond donors (Lipinski definition) is 2. The molecule has 1 heterocycles. The summed E-state index contributed by atoms with van der Waals surface area (Å²) < 4.78 is 37.7. The molecule has 0 fully saturated rings. The number of benzene rings is 1. The largest absolute Gasteiger partial charge is 0.422 e. The van der Waals surface area contributed by atoms with Gasteiger partial charge in [0.15, 0.2) is 0 Å². The molecule has 2 N–H and O–H groups in total. The molecule has 6 nitrogen and oxygen atoms in total. The van der Waals surface area contributed by atoms with Crippen molar-refractivity contribution in [3.05, 3.63) is 39.7 Å². The Morgan fingerprint density at radius 1 is 1.10 bits per heavy atom. The zero-order valence-corrected chi connectivity index (χ0v) is 12.1. The van der Waals surface area contributed by atoms with Crippen LogP contribution >= 0.6 is 0 Å². The standard InChI is InChI=1S/C14H15NO5S/c16-14-12-5-3-1-2-4-10(12)11-7-6-9(8-13(11)20-14)15-21(17,18)19/h6-8,15H,1-5H2,(H,17,18,19). The van der Waals surface area contributed by atoms with Gasteiger partial charge in [0.05, 0.1) is 5.69 Å². The van der Waals surface area contributed by atoms with Crippen LogP contribution in [0.4, 0.5) is 5.69 Å². The van der Waals surface area contributed by atoms with E-state index in [1.54, 1.807) is 12.1 Å². The predicted octanol–water partition coefficient (Wildman–Crippen LogP) is 2.28. The molecule has 0 unspecified atom stereocenters. The van der Waals surface area contributed by atoms with Gasteiger partial charge >= 0.3 is 15.9 Å². The minimum atomic E-state index is -4.35. The molecule has 1 aromatic heterocycles. The van der Waals surface area contributed by atoms with E-state index >= 15 is 0 Å². The first-order valence-corrected chi connectivity index (χ1v) is 8.22. The highest BCUT2D eigenvalue weighted by Gasteiger charge is 2.17. The van der Waals surface area contributed by atoms with Gasteiger partial charge in [0.25, 0.3) is 0 Å². The van der Waals surface area contributed by atoms with Gasteiger partial charge in [-0.2, -0.15) is 8.42 Å². The molecule has 0 saturated carbocycles. The molecule has 1 aliphatic rings. The fourth-order valence-corrected chi connectivity index (χ4v) is 3.26. The van der Waals surface area contributed by atoms with E-state index in [2.05, 4.69) is 0 Å². The summed E-state index contributed by atoms with van der Waals surface area (Å²) in [5.41, 5.74) is 1.85.